The van der Waals surface area contributed by atoms with Gasteiger partial charge in [0, 0.05) is 5.56 Å². The van der Waals surface area contributed by atoms with Crippen molar-refractivity contribution in [1.82, 2.24) is 15.6 Å². The number of esters is 1. The van der Waals surface area contributed by atoms with Crippen molar-refractivity contribution in [3.05, 3.63) is 83.9 Å². The number of benzene rings is 3. The Morgan fingerprint density at radius 1 is 0.902 bits per heavy atom. The van der Waals surface area contributed by atoms with E-state index in [9.17, 15) is 14.4 Å². The lowest BCUT2D eigenvalue weighted by molar-refractivity contribution is -0.136. The molecule has 41 heavy (non-hydrogen) atoms. The number of amides is 2. The van der Waals surface area contributed by atoms with Gasteiger partial charge in [-0.25, -0.2) is 10.2 Å². The van der Waals surface area contributed by atoms with E-state index in [-0.39, 0.29) is 10.9 Å². The fourth-order valence-corrected chi connectivity index (χ4v) is 4.11. The van der Waals surface area contributed by atoms with Crippen LogP contribution in [0.1, 0.15) is 36.2 Å². The van der Waals surface area contributed by atoms with E-state index in [1.54, 1.807) is 49.4 Å². The zero-order valence-electron chi connectivity index (χ0n) is 22.3. The highest BCUT2D eigenvalue weighted by Crippen LogP contribution is 2.29. The molecule has 0 atom stereocenters. The lowest BCUT2D eigenvalue weighted by atomic mass is 10.2. The highest BCUT2D eigenvalue weighted by molar-refractivity contribution is 7.18. The first-order chi connectivity index (χ1) is 20.0. The summed E-state index contributed by atoms with van der Waals surface area (Å²) in [6, 6.07) is 20.8. The van der Waals surface area contributed by atoms with Crippen molar-refractivity contribution >= 4 is 40.5 Å². The molecule has 2 N–H and O–H groups in total. The quantitative estimate of drug-likeness (QED) is 0.0865. The Hall–Kier alpha value is -5.10. The Morgan fingerprint density at radius 3 is 2.41 bits per heavy atom. The van der Waals surface area contributed by atoms with E-state index in [4.69, 9.17) is 14.2 Å². The Bertz CT molecular complexity index is 1520. The minimum Gasteiger partial charge on any atom is -0.494 e. The van der Waals surface area contributed by atoms with Crippen LogP contribution in [0.25, 0.3) is 10.6 Å². The van der Waals surface area contributed by atoms with Crippen molar-refractivity contribution in [3.63, 3.8) is 0 Å². The minimum absolute atomic E-state index is 0.181. The smallest absolute Gasteiger partial charge is 0.343 e. The summed E-state index contributed by atoms with van der Waals surface area (Å²) in [7, 11) is 0. The Kier molecular flexibility index (Phi) is 10.1. The number of hydrogen-bond acceptors (Lipinski definition) is 10. The van der Waals surface area contributed by atoms with Crippen molar-refractivity contribution in [3.8, 4) is 27.8 Å². The number of aromatic nitrogens is 2. The number of carbonyl (C=O) groups is 3. The first-order valence-electron chi connectivity index (χ1n) is 12.7. The first-order valence-corrected chi connectivity index (χ1v) is 13.5. The molecular formula is C29H27N5O6S. The molecule has 0 aliphatic carbocycles. The second-order valence-corrected chi connectivity index (χ2v) is 9.31. The molecule has 1 heterocycles. The van der Waals surface area contributed by atoms with E-state index in [0.29, 0.717) is 40.8 Å². The minimum atomic E-state index is -0.987. The third kappa shape index (κ3) is 8.19. The van der Waals surface area contributed by atoms with Gasteiger partial charge >= 0.3 is 17.8 Å². The van der Waals surface area contributed by atoms with E-state index in [1.807, 2.05) is 37.3 Å². The molecule has 3 aromatic carbocycles. The Balaban J connectivity index is 1.33. The molecule has 0 fully saturated rings. The predicted molar refractivity (Wildman–Crippen MR) is 155 cm³/mol. The van der Waals surface area contributed by atoms with Crippen LogP contribution in [0.15, 0.2) is 77.9 Å². The van der Waals surface area contributed by atoms with Crippen LogP contribution in [0, 0.1) is 0 Å². The molecule has 12 heteroatoms. The lowest BCUT2D eigenvalue weighted by Gasteiger charge is -2.11. The van der Waals surface area contributed by atoms with E-state index in [2.05, 4.69) is 26.0 Å². The molecule has 4 rings (SSSR count). The summed E-state index contributed by atoms with van der Waals surface area (Å²) in [5.74, 6) is -1.29. The number of hydrogen-bond donors (Lipinski definition) is 2. The average Bonchev–Trinajstić information content (AvgIpc) is 3.46. The largest absolute Gasteiger partial charge is 0.494 e. The molecule has 210 valence electrons. The van der Waals surface area contributed by atoms with E-state index < -0.39 is 17.8 Å². The fourth-order valence-electron chi connectivity index (χ4n) is 3.36. The first kappa shape index (κ1) is 28.9. The average molecular weight is 574 g/mol. The number of ether oxygens (including phenoxy) is 3. The monoisotopic (exact) mass is 573 g/mol. The van der Waals surface area contributed by atoms with Crippen LogP contribution in [0.4, 0.5) is 5.13 Å². The summed E-state index contributed by atoms with van der Waals surface area (Å²) in [5, 5.41) is 14.9. The van der Waals surface area contributed by atoms with Gasteiger partial charge in [0.15, 0.2) is 11.5 Å². The van der Waals surface area contributed by atoms with Crippen molar-refractivity contribution in [2.75, 3.05) is 18.5 Å². The number of hydrazone groups is 1. The molecule has 2 amide bonds. The topological polar surface area (TPSA) is 141 Å². The van der Waals surface area contributed by atoms with Crippen molar-refractivity contribution < 1.29 is 28.6 Å². The van der Waals surface area contributed by atoms with Gasteiger partial charge in [-0.05, 0) is 61.4 Å². The van der Waals surface area contributed by atoms with Gasteiger partial charge in [-0.3, -0.25) is 14.9 Å². The molecule has 11 nitrogen and oxygen atoms in total. The molecule has 0 bridgehead atoms. The number of anilines is 1. The number of nitrogens with one attached hydrogen (secondary N) is 2. The fraction of sp³-hybridized carbons (Fsp3) is 0.172. The van der Waals surface area contributed by atoms with E-state index >= 15 is 0 Å². The molecule has 0 radical (unpaired) electrons. The van der Waals surface area contributed by atoms with Crippen molar-refractivity contribution in [1.29, 1.82) is 0 Å². The molecule has 0 unspecified atom stereocenters. The van der Waals surface area contributed by atoms with Crippen LogP contribution in [0.3, 0.4) is 0 Å². The van der Waals surface area contributed by atoms with Gasteiger partial charge in [0.1, 0.15) is 10.8 Å². The highest BCUT2D eigenvalue weighted by Gasteiger charge is 2.17. The van der Waals surface area contributed by atoms with Gasteiger partial charge in [-0.15, -0.1) is 10.2 Å². The SMILES string of the molecule is CCCOc1ccc(C(=O)Oc2ccc(C=NNC(=O)C(=O)Nc3nnc(-c4ccccc4)s3)cc2OCC)cc1. The molecule has 0 saturated carbocycles. The molecule has 0 aliphatic rings. The standard InChI is InChI=1S/C29H27N5O6S/c1-3-16-39-22-13-11-21(12-14-22)28(37)40-23-15-10-19(17-24(23)38-4-2)18-30-32-26(36)25(35)31-29-34-33-27(41-29)20-8-6-5-7-9-20/h5-15,17-18H,3-4,16H2,1-2H3,(H,32,36)(H,31,34,35). The molecule has 0 saturated heterocycles. The second-order valence-electron chi connectivity index (χ2n) is 8.33. The van der Waals surface area contributed by atoms with E-state index in [0.717, 1.165) is 23.3 Å². The highest BCUT2D eigenvalue weighted by atomic mass is 32.1. The molecule has 0 aliphatic heterocycles. The van der Waals surface area contributed by atoms with Crippen LogP contribution in [0.5, 0.6) is 17.2 Å². The van der Waals surface area contributed by atoms with Gasteiger partial charge in [-0.2, -0.15) is 5.10 Å². The molecule has 1 aromatic heterocycles. The van der Waals surface area contributed by atoms with Crippen molar-refractivity contribution in [2.45, 2.75) is 20.3 Å². The summed E-state index contributed by atoms with van der Waals surface area (Å²) < 4.78 is 16.7. The summed E-state index contributed by atoms with van der Waals surface area (Å²) in [6.07, 6.45) is 2.21. The van der Waals surface area contributed by atoms with Crippen LogP contribution in [-0.4, -0.2) is 47.4 Å². The maximum atomic E-state index is 12.7. The number of carbonyl (C=O) groups excluding carboxylic acids is 3. The normalized spacial score (nSPS) is 10.7. The summed E-state index contributed by atoms with van der Waals surface area (Å²) in [4.78, 5) is 37.1. The zero-order chi connectivity index (χ0) is 29.0. The third-order valence-electron chi connectivity index (χ3n) is 5.29. The number of nitrogens with zero attached hydrogens (tertiary/aromatic N) is 3. The lowest BCUT2D eigenvalue weighted by Crippen LogP contribution is -2.32. The molecule has 0 spiro atoms. The van der Waals surface area contributed by atoms with Gasteiger partial charge in [0.2, 0.25) is 5.13 Å². The second kappa shape index (κ2) is 14.3. The van der Waals surface area contributed by atoms with Crippen molar-refractivity contribution in [2.24, 2.45) is 5.10 Å². The zero-order valence-corrected chi connectivity index (χ0v) is 23.1. The van der Waals surface area contributed by atoms with Crippen LogP contribution in [0.2, 0.25) is 0 Å². The van der Waals surface area contributed by atoms with Gasteiger partial charge < -0.3 is 14.2 Å². The maximum Gasteiger partial charge on any atom is 0.343 e. The number of rotatable bonds is 11. The molecule has 4 aromatic rings. The summed E-state index contributed by atoms with van der Waals surface area (Å²) in [6.45, 7) is 4.72. The van der Waals surface area contributed by atoms with Crippen LogP contribution >= 0.6 is 11.3 Å². The van der Waals surface area contributed by atoms with Gasteiger partial charge in [0.05, 0.1) is 25.0 Å². The maximum absolute atomic E-state index is 12.7. The van der Waals surface area contributed by atoms with Crippen LogP contribution < -0.4 is 25.0 Å². The van der Waals surface area contributed by atoms with E-state index in [1.165, 1.54) is 6.21 Å². The Labute approximate surface area is 240 Å². The van der Waals surface area contributed by atoms with Gasteiger partial charge in [0.25, 0.3) is 0 Å². The predicted octanol–water partition coefficient (Wildman–Crippen LogP) is 4.70. The summed E-state index contributed by atoms with van der Waals surface area (Å²) in [5.41, 5.74) is 3.90. The van der Waals surface area contributed by atoms with Crippen LogP contribution in [-0.2, 0) is 9.59 Å². The van der Waals surface area contributed by atoms with Gasteiger partial charge in [-0.1, -0.05) is 48.6 Å². The molecular weight excluding hydrogens is 546 g/mol. The Morgan fingerprint density at radius 2 is 1.68 bits per heavy atom. The summed E-state index contributed by atoms with van der Waals surface area (Å²) >= 11 is 1.14. The third-order valence-corrected chi connectivity index (χ3v) is 6.17.